The summed E-state index contributed by atoms with van der Waals surface area (Å²) in [5, 5.41) is 0. The van der Waals surface area contributed by atoms with Gasteiger partial charge in [-0.3, -0.25) is 4.79 Å². The van der Waals surface area contributed by atoms with Crippen LogP contribution >= 0.6 is 0 Å². The second-order valence-electron chi connectivity index (χ2n) is 7.43. The molecule has 1 aromatic rings. The van der Waals surface area contributed by atoms with Crippen LogP contribution in [0.4, 0.5) is 0 Å². The van der Waals surface area contributed by atoms with Crippen molar-refractivity contribution in [3.63, 3.8) is 0 Å². The average molecular weight is 353 g/mol. The monoisotopic (exact) mass is 353 g/mol. The molecule has 1 aromatic carbocycles. The topological polar surface area (TPSA) is 38.8 Å². The highest BCUT2D eigenvalue weighted by Crippen LogP contribution is 2.44. The molecule has 2 saturated heterocycles. The maximum atomic E-state index is 13.4. The molecule has 1 amide bonds. The molecule has 1 aliphatic carbocycles. The van der Waals surface area contributed by atoms with Crippen molar-refractivity contribution < 1.29 is 14.3 Å². The van der Waals surface area contributed by atoms with Crippen molar-refractivity contribution in [3.05, 3.63) is 59.9 Å². The van der Waals surface area contributed by atoms with Crippen molar-refractivity contribution in [2.75, 3.05) is 19.8 Å². The van der Waals surface area contributed by atoms with Crippen molar-refractivity contribution in [2.45, 2.75) is 44.8 Å². The molecule has 2 heterocycles. The summed E-state index contributed by atoms with van der Waals surface area (Å²) in [5.41, 5.74) is 0.561. The molecule has 2 atom stereocenters. The standard InChI is InChI=1S/C22H27NO3/c24-21-22(13-7-15-25-16-18-8-2-1-3-9-18)12-5-4-11-20(22)26-17-19-10-6-14-23(19)21/h1-3,5,8-9,11-12,19H,4,6-7,10,13-17H2/t19-,22+/m0/s1. The zero-order valence-corrected chi connectivity index (χ0v) is 15.2. The van der Waals surface area contributed by atoms with E-state index < -0.39 is 5.41 Å². The van der Waals surface area contributed by atoms with E-state index in [0.29, 0.717) is 19.8 Å². The molecule has 0 bridgehead atoms. The van der Waals surface area contributed by atoms with Crippen LogP contribution in [0.5, 0.6) is 0 Å². The van der Waals surface area contributed by atoms with Gasteiger partial charge in [-0.05, 0) is 43.7 Å². The Morgan fingerprint density at radius 3 is 3.04 bits per heavy atom. The number of benzene rings is 1. The number of nitrogens with zero attached hydrogens (tertiary/aromatic N) is 1. The number of hydrogen-bond donors (Lipinski definition) is 0. The third-order valence-corrected chi connectivity index (χ3v) is 5.70. The average Bonchev–Trinajstić information content (AvgIpc) is 3.11. The number of ether oxygens (including phenoxy) is 2. The molecule has 4 nitrogen and oxygen atoms in total. The predicted octanol–water partition coefficient (Wildman–Crippen LogP) is 3.83. The van der Waals surface area contributed by atoms with Crippen molar-refractivity contribution in [1.29, 1.82) is 0 Å². The summed E-state index contributed by atoms with van der Waals surface area (Å²) in [7, 11) is 0. The van der Waals surface area contributed by atoms with Gasteiger partial charge in [0.2, 0.25) is 5.91 Å². The molecule has 2 fully saturated rings. The van der Waals surface area contributed by atoms with E-state index in [1.54, 1.807) is 0 Å². The van der Waals surface area contributed by atoms with Gasteiger partial charge in [-0.1, -0.05) is 42.5 Å². The molecular weight excluding hydrogens is 326 g/mol. The number of amides is 1. The maximum absolute atomic E-state index is 13.4. The minimum atomic E-state index is -0.618. The highest BCUT2D eigenvalue weighted by Gasteiger charge is 2.49. The summed E-state index contributed by atoms with van der Waals surface area (Å²) < 4.78 is 12.0. The van der Waals surface area contributed by atoms with Crippen LogP contribution in [-0.2, 0) is 20.9 Å². The van der Waals surface area contributed by atoms with Crippen LogP contribution in [0.15, 0.2) is 54.3 Å². The molecule has 0 spiro atoms. The summed E-state index contributed by atoms with van der Waals surface area (Å²) in [6.07, 6.45) is 10.8. The Labute approximate surface area is 155 Å². The Bertz CT molecular complexity index is 697. The largest absolute Gasteiger partial charge is 0.495 e. The molecule has 0 aromatic heterocycles. The van der Waals surface area contributed by atoms with Crippen LogP contribution < -0.4 is 0 Å². The van der Waals surface area contributed by atoms with E-state index in [-0.39, 0.29) is 11.9 Å². The van der Waals surface area contributed by atoms with Gasteiger partial charge in [-0.25, -0.2) is 0 Å². The van der Waals surface area contributed by atoms with Crippen LogP contribution in [0, 0.1) is 5.41 Å². The first-order valence-electron chi connectivity index (χ1n) is 9.73. The molecule has 0 N–H and O–H groups in total. The van der Waals surface area contributed by atoms with E-state index in [2.05, 4.69) is 35.3 Å². The first kappa shape index (κ1) is 17.3. The summed E-state index contributed by atoms with van der Waals surface area (Å²) in [5.74, 6) is 1.09. The van der Waals surface area contributed by atoms with E-state index in [1.165, 1.54) is 5.56 Å². The van der Waals surface area contributed by atoms with Crippen LogP contribution in [0.25, 0.3) is 0 Å². The van der Waals surface area contributed by atoms with Gasteiger partial charge in [-0.15, -0.1) is 0 Å². The first-order chi connectivity index (χ1) is 12.8. The number of allylic oxidation sites excluding steroid dienone is 2. The smallest absolute Gasteiger partial charge is 0.240 e. The number of hydrogen-bond acceptors (Lipinski definition) is 3. The van der Waals surface area contributed by atoms with Gasteiger partial charge in [0.15, 0.2) is 0 Å². The van der Waals surface area contributed by atoms with E-state index in [9.17, 15) is 4.79 Å². The lowest BCUT2D eigenvalue weighted by Crippen LogP contribution is -2.45. The molecule has 26 heavy (non-hydrogen) atoms. The lowest BCUT2D eigenvalue weighted by Gasteiger charge is -2.34. The number of fused-ring (bicyclic) bond motifs is 2. The highest BCUT2D eigenvalue weighted by atomic mass is 16.5. The second kappa shape index (κ2) is 7.67. The van der Waals surface area contributed by atoms with E-state index in [0.717, 1.165) is 44.4 Å². The number of rotatable bonds is 6. The fraction of sp³-hybridized carbons (Fsp3) is 0.500. The van der Waals surface area contributed by atoms with Gasteiger partial charge in [0.1, 0.15) is 17.8 Å². The van der Waals surface area contributed by atoms with Crippen molar-refractivity contribution in [3.8, 4) is 0 Å². The molecule has 0 saturated carbocycles. The van der Waals surface area contributed by atoms with E-state index in [4.69, 9.17) is 9.47 Å². The molecule has 2 aliphatic heterocycles. The predicted molar refractivity (Wildman–Crippen MR) is 100 cm³/mol. The van der Waals surface area contributed by atoms with Crippen molar-refractivity contribution >= 4 is 5.91 Å². The van der Waals surface area contributed by atoms with Crippen LogP contribution in [0.2, 0.25) is 0 Å². The highest BCUT2D eigenvalue weighted by molar-refractivity contribution is 5.88. The Balaban J connectivity index is 1.40. The molecule has 4 heteroatoms. The lowest BCUT2D eigenvalue weighted by atomic mass is 9.76. The first-order valence-corrected chi connectivity index (χ1v) is 9.73. The number of carbonyl (C=O) groups is 1. The van der Waals surface area contributed by atoms with E-state index in [1.807, 2.05) is 18.2 Å². The van der Waals surface area contributed by atoms with Crippen molar-refractivity contribution in [1.82, 2.24) is 4.90 Å². The van der Waals surface area contributed by atoms with Gasteiger partial charge in [-0.2, -0.15) is 0 Å². The minimum Gasteiger partial charge on any atom is -0.495 e. The fourth-order valence-electron chi connectivity index (χ4n) is 4.32. The quantitative estimate of drug-likeness (QED) is 0.576. The van der Waals surface area contributed by atoms with Crippen molar-refractivity contribution in [2.24, 2.45) is 5.41 Å². The summed E-state index contributed by atoms with van der Waals surface area (Å²) in [4.78, 5) is 15.4. The van der Waals surface area contributed by atoms with Gasteiger partial charge in [0, 0.05) is 13.2 Å². The maximum Gasteiger partial charge on any atom is 0.240 e. The van der Waals surface area contributed by atoms with Crippen LogP contribution in [0.3, 0.4) is 0 Å². The van der Waals surface area contributed by atoms with E-state index >= 15 is 0 Å². The summed E-state index contributed by atoms with van der Waals surface area (Å²) >= 11 is 0. The lowest BCUT2D eigenvalue weighted by molar-refractivity contribution is -0.138. The SMILES string of the molecule is O=C1N2CCC[C@H]2COC2=CCC=C[C@]12CCCOCc1ccccc1. The molecular formula is C22H27NO3. The zero-order chi connectivity index (χ0) is 17.8. The van der Waals surface area contributed by atoms with Gasteiger partial charge >= 0.3 is 0 Å². The Morgan fingerprint density at radius 1 is 1.27 bits per heavy atom. The second-order valence-corrected chi connectivity index (χ2v) is 7.43. The van der Waals surface area contributed by atoms with Crippen LogP contribution in [-0.4, -0.2) is 36.6 Å². The Morgan fingerprint density at radius 2 is 2.15 bits per heavy atom. The minimum absolute atomic E-state index is 0.225. The third kappa shape index (κ3) is 3.30. The fourth-order valence-corrected chi connectivity index (χ4v) is 4.32. The zero-order valence-electron chi connectivity index (χ0n) is 15.2. The molecule has 0 unspecified atom stereocenters. The Kier molecular flexibility index (Phi) is 5.11. The van der Waals surface area contributed by atoms with Gasteiger partial charge < -0.3 is 14.4 Å². The summed E-state index contributed by atoms with van der Waals surface area (Å²) in [6.45, 7) is 2.76. The van der Waals surface area contributed by atoms with Gasteiger partial charge in [0.25, 0.3) is 0 Å². The third-order valence-electron chi connectivity index (χ3n) is 5.70. The molecule has 138 valence electrons. The number of carbonyl (C=O) groups excluding carboxylic acids is 1. The summed E-state index contributed by atoms with van der Waals surface area (Å²) in [6, 6.07) is 10.4. The Hall–Kier alpha value is -2.07. The molecule has 4 rings (SSSR count). The molecule has 3 aliphatic rings. The van der Waals surface area contributed by atoms with Crippen LogP contribution in [0.1, 0.15) is 37.7 Å². The normalized spacial score (nSPS) is 27.4. The van der Waals surface area contributed by atoms with Gasteiger partial charge in [0.05, 0.1) is 12.6 Å². The molecule has 0 radical (unpaired) electrons.